The summed E-state index contributed by atoms with van der Waals surface area (Å²) in [6.45, 7) is 6.81. The van der Waals surface area contributed by atoms with Crippen LogP contribution in [0.4, 0.5) is 4.79 Å². The first-order valence-electron chi connectivity index (χ1n) is 22.1. The Labute approximate surface area is 358 Å². The molecule has 11 heteroatoms. The summed E-state index contributed by atoms with van der Waals surface area (Å²) < 4.78 is 13.2. The van der Waals surface area contributed by atoms with Gasteiger partial charge < -0.3 is 39.8 Å². The summed E-state index contributed by atoms with van der Waals surface area (Å²) in [5.41, 5.74) is 4.36. The maximum absolute atomic E-state index is 13.7. The zero-order valence-electron chi connectivity index (χ0n) is 35.3. The van der Waals surface area contributed by atoms with Crippen molar-refractivity contribution in [3.05, 3.63) is 141 Å². The molecule has 3 fully saturated rings. The van der Waals surface area contributed by atoms with E-state index in [0.717, 1.165) is 105 Å². The van der Waals surface area contributed by atoms with Crippen LogP contribution in [0, 0.1) is 12.8 Å². The van der Waals surface area contributed by atoms with Gasteiger partial charge in [-0.25, -0.2) is 4.79 Å². The second-order valence-electron chi connectivity index (χ2n) is 17.0. The summed E-state index contributed by atoms with van der Waals surface area (Å²) in [6, 6.07) is 31.4. The van der Waals surface area contributed by atoms with Crippen LogP contribution in [0.3, 0.4) is 0 Å². The SMILES string of the molecule is Cc1ccc(C(NC(=O)O[C@H]2C[N+]3(CC(=O)c4ccccc4)CCC2CC3)c2ccccc2)cc1OCCCCCCCCCNC[C@@H](O)c1ccc(O)c2[nH]c(=O)ccc12. The number of ether oxygens (including phenoxy) is 2. The van der Waals surface area contributed by atoms with Crippen LogP contribution >= 0.6 is 0 Å². The normalized spacial score (nSPS) is 19.3. The van der Waals surface area contributed by atoms with E-state index in [4.69, 9.17) is 9.47 Å². The molecule has 61 heavy (non-hydrogen) atoms. The van der Waals surface area contributed by atoms with Gasteiger partial charge in [-0.1, -0.05) is 111 Å². The lowest BCUT2D eigenvalue weighted by molar-refractivity contribution is -0.938. The molecule has 1 aromatic heterocycles. The lowest BCUT2D eigenvalue weighted by Crippen LogP contribution is -2.66. The maximum Gasteiger partial charge on any atom is 0.408 e. The quantitative estimate of drug-likeness (QED) is 0.0282. The molecular weight excluding hydrogens is 769 g/mol. The molecule has 3 saturated heterocycles. The monoisotopic (exact) mass is 829 g/mol. The van der Waals surface area contributed by atoms with Gasteiger partial charge in [0, 0.05) is 42.3 Å². The van der Waals surface area contributed by atoms with Crippen molar-refractivity contribution in [1.82, 2.24) is 15.6 Å². The summed E-state index contributed by atoms with van der Waals surface area (Å²) in [5.74, 6) is 1.24. The number of piperidine rings is 3. The number of hydrogen-bond acceptors (Lipinski definition) is 8. The van der Waals surface area contributed by atoms with Crippen molar-refractivity contribution in [2.24, 2.45) is 5.92 Å². The maximum atomic E-state index is 13.7. The number of hydrogen-bond donors (Lipinski definition) is 5. The number of phenolic OH excluding ortho intramolecular Hbond substituents is 1. The van der Waals surface area contributed by atoms with Gasteiger partial charge in [-0.15, -0.1) is 0 Å². The van der Waals surface area contributed by atoms with Crippen LogP contribution in [-0.2, 0) is 4.74 Å². The lowest BCUT2D eigenvalue weighted by atomic mass is 9.83. The minimum atomic E-state index is -0.756. The van der Waals surface area contributed by atoms with Gasteiger partial charge >= 0.3 is 6.09 Å². The molecule has 8 rings (SSSR count). The third-order valence-electron chi connectivity index (χ3n) is 12.7. The van der Waals surface area contributed by atoms with Crippen LogP contribution in [0.25, 0.3) is 10.9 Å². The van der Waals surface area contributed by atoms with Crippen LogP contribution in [0.5, 0.6) is 11.5 Å². The predicted octanol–water partition coefficient (Wildman–Crippen LogP) is 8.28. The number of aromatic amines is 1. The highest BCUT2D eigenvalue weighted by Crippen LogP contribution is 2.36. The fourth-order valence-electron chi connectivity index (χ4n) is 9.16. The number of quaternary nitrogens is 1. The summed E-state index contributed by atoms with van der Waals surface area (Å²) >= 11 is 0. The van der Waals surface area contributed by atoms with Crippen molar-refractivity contribution in [2.75, 3.05) is 45.9 Å². The first-order valence-corrected chi connectivity index (χ1v) is 22.1. The van der Waals surface area contributed by atoms with E-state index in [0.29, 0.717) is 53.1 Å². The van der Waals surface area contributed by atoms with E-state index >= 15 is 0 Å². The Kier molecular flexibility index (Phi) is 14.9. The second kappa shape index (κ2) is 20.9. The highest BCUT2D eigenvalue weighted by molar-refractivity contribution is 5.97. The molecule has 5 aromatic rings. The number of phenols is 1. The number of amides is 1. The molecule has 0 spiro atoms. The van der Waals surface area contributed by atoms with Gasteiger partial charge in [0.25, 0.3) is 0 Å². The summed E-state index contributed by atoms with van der Waals surface area (Å²) in [5, 5.41) is 28.0. The number of pyridine rings is 1. The van der Waals surface area contributed by atoms with Crippen LogP contribution in [0.15, 0.2) is 108 Å². The Hall–Kier alpha value is -5.49. The largest absolute Gasteiger partial charge is 0.506 e. The molecule has 0 radical (unpaired) electrons. The number of Topliss-reactive ketones (excluding diaryl/α,β-unsaturated/α-hetero) is 1. The second-order valence-corrected chi connectivity index (χ2v) is 17.0. The van der Waals surface area contributed by atoms with Gasteiger partial charge in [0.05, 0.1) is 37.4 Å². The number of carbonyl (C=O) groups is 2. The topological polar surface area (TPSA) is 150 Å². The number of nitrogens with zero attached hydrogens (tertiary/aromatic N) is 1. The van der Waals surface area contributed by atoms with Crippen molar-refractivity contribution >= 4 is 22.8 Å². The molecule has 1 amide bonds. The molecule has 0 saturated carbocycles. The van der Waals surface area contributed by atoms with E-state index in [1.54, 1.807) is 12.1 Å². The molecule has 2 bridgehead atoms. The number of rotatable bonds is 21. The van der Waals surface area contributed by atoms with E-state index < -0.39 is 18.2 Å². The Morgan fingerprint density at radius 1 is 0.836 bits per heavy atom. The van der Waals surface area contributed by atoms with Crippen molar-refractivity contribution in [1.29, 1.82) is 0 Å². The number of fused-ring (bicyclic) bond motifs is 4. The van der Waals surface area contributed by atoms with E-state index in [2.05, 4.69) is 15.6 Å². The fourth-order valence-corrected chi connectivity index (χ4v) is 9.16. The van der Waals surface area contributed by atoms with Gasteiger partial charge in [-0.2, -0.15) is 0 Å². The number of carbonyl (C=O) groups excluding carboxylic acids is 2. The van der Waals surface area contributed by atoms with Crippen molar-refractivity contribution in [2.45, 2.75) is 83.0 Å². The third kappa shape index (κ3) is 11.5. The zero-order valence-corrected chi connectivity index (χ0v) is 35.3. The van der Waals surface area contributed by atoms with E-state index in [1.807, 2.05) is 85.8 Å². The number of ketones is 1. The Balaban J connectivity index is 0.827. The van der Waals surface area contributed by atoms with Gasteiger partial charge in [0.15, 0.2) is 6.10 Å². The number of aromatic hydroxyl groups is 1. The Morgan fingerprint density at radius 2 is 1.54 bits per heavy atom. The third-order valence-corrected chi connectivity index (χ3v) is 12.7. The number of aliphatic hydroxyl groups excluding tert-OH is 1. The van der Waals surface area contributed by atoms with Crippen LogP contribution in [0.1, 0.15) is 103 Å². The number of aromatic nitrogens is 1. The molecule has 1 unspecified atom stereocenters. The molecule has 4 heterocycles. The first kappa shape index (κ1) is 43.6. The molecule has 11 nitrogen and oxygen atoms in total. The fraction of sp³-hybridized carbons (Fsp3) is 0.420. The average Bonchev–Trinajstić information content (AvgIpc) is 3.27. The molecule has 5 N–H and O–H groups in total. The highest BCUT2D eigenvalue weighted by atomic mass is 16.6. The van der Waals surface area contributed by atoms with Gasteiger partial charge in [0.1, 0.15) is 24.6 Å². The molecule has 3 aliphatic heterocycles. The van der Waals surface area contributed by atoms with Gasteiger partial charge in [-0.05, 0) is 66.8 Å². The number of aryl methyl sites for hydroxylation is 1. The molecule has 0 aliphatic carbocycles. The Morgan fingerprint density at radius 3 is 2.30 bits per heavy atom. The smallest absolute Gasteiger partial charge is 0.408 e. The highest BCUT2D eigenvalue weighted by Gasteiger charge is 2.48. The number of alkyl carbamates (subject to hydrolysis) is 1. The number of nitrogens with one attached hydrogen (secondary N) is 3. The molecular formula is C50H61N4O7+. The van der Waals surface area contributed by atoms with Gasteiger partial charge in [-0.3, -0.25) is 9.59 Å². The van der Waals surface area contributed by atoms with Crippen LogP contribution in [0.2, 0.25) is 0 Å². The zero-order chi connectivity index (χ0) is 42.6. The summed E-state index contributed by atoms with van der Waals surface area (Å²) in [4.78, 5) is 41.2. The minimum Gasteiger partial charge on any atom is -0.506 e. The predicted molar refractivity (Wildman–Crippen MR) is 238 cm³/mol. The number of benzene rings is 4. The van der Waals surface area contributed by atoms with Crippen molar-refractivity contribution in [3.8, 4) is 11.5 Å². The standard InChI is InChI=1S/C50H60N4O7/c1-35-19-20-39(31-45(35)60-30-14-6-4-2-3-5-13-27-51-32-43(56)40-21-23-42(55)49-41(40)22-24-47(58)52-49)48(38-17-11-8-12-18-38)53-50(59)61-46-34-54(28-25-37(46)26-29-54)33-44(57)36-15-9-7-10-16-36/h7-12,15-24,31,37,43,46,48,51,56H,2-6,13-14,25-30,32-34H2,1H3,(H2-,52,53,55,58,59)/p+1/t37?,43-,46+,48?,54?/m1/s1. The summed E-state index contributed by atoms with van der Waals surface area (Å²) in [7, 11) is 0. The van der Waals surface area contributed by atoms with Crippen LogP contribution in [-0.4, -0.2) is 83.5 Å². The van der Waals surface area contributed by atoms with Crippen molar-refractivity contribution in [3.63, 3.8) is 0 Å². The number of H-pyrrole nitrogens is 1. The molecule has 3 atom stereocenters. The minimum absolute atomic E-state index is 0.0155. The van der Waals surface area contributed by atoms with E-state index in [9.17, 15) is 24.6 Å². The van der Waals surface area contributed by atoms with E-state index in [-0.39, 0.29) is 23.2 Å². The number of unbranched alkanes of at least 4 members (excludes halogenated alkanes) is 6. The number of aliphatic hydroxyl groups is 1. The molecule has 4 aromatic carbocycles. The lowest BCUT2D eigenvalue weighted by Gasteiger charge is -2.51. The average molecular weight is 830 g/mol. The van der Waals surface area contributed by atoms with E-state index in [1.165, 1.54) is 12.1 Å². The molecule has 322 valence electrons. The van der Waals surface area contributed by atoms with Crippen molar-refractivity contribution < 1.29 is 33.8 Å². The van der Waals surface area contributed by atoms with Gasteiger partial charge in [0.2, 0.25) is 11.3 Å². The molecule has 3 aliphatic rings. The summed E-state index contributed by atoms with van der Waals surface area (Å²) in [6.07, 6.45) is 8.05. The van der Waals surface area contributed by atoms with Crippen LogP contribution < -0.4 is 20.9 Å². The Bertz CT molecular complexity index is 2270. The first-order chi connectivity index (χ1) is 29.7.